The summed E-state index contributed by atoms with van der Waals surface area (Å²) in [5.74, 6) is 0.142. The molecule has 1 aromatic rings. The van der Waals surface area contributed by atoms with Crippen molar-refractivity contribution in [3.05, 3.63) is 11.6 Å². The van der Waals surface area contributed by atoms with Crippen LogP contribution in [0.2, 0.25) is 0 Å². The summed E-state index contributed by atoms with van der Waals surface area (Å²) in [7, 11) is 0. The van der Waals surface area contributed by atoms with Crippen LogP contribution in [0.1, 0.15) is 30.9 Å². The van der Waals surface area contributed by atoms with E-state index < -0.39 is 12.1 Å². The van der Waals surface area contributed by atoms with Crippen LogP contribution in [0.25, 0.3) is 0 Å². The normalized spacial score (nSPS) is 27.5. The molecular weight excluding hydrogens is 257 g/mol. The van der Waals surface area contributed by atoms with Crippen LogP contribution in [-0.4, -0.2) is 33.5 Å². The molecule has 3 rings (SSSR count). The highest BCUT2D eigenvalue weighted by molar-refractivity contribution is 5.03. The Morgan fingerprint density at radius 2 is 2.11 bits per heavy atom. The van der Waals surface area contributed by atoms with Crippen molar-refractivity contribution >= 4 is 0 Å². The van der Waals surface area contributed by atoms with Gasteiger partial charge in [0.15, 0.2) is 0 Å². The van der Waals surface area contributed by atoms with E-state index in [1.54, 1.807) is 4.57 Å². The number of hydrogen-bond donors (Lipinski definition) is 1. The summed E-state index contributed by atoms with van der Waals surface area (Å²) in [6.45, 7) is 0.963. The van der Waals surface area contributed by atoms with Crippen molar-refractivity contribution in [3.8, 4) is 0 Å². The number of nitrogens with one attached hydrogen (secondary N) is 1. The third-order valence-electron chi connectivity index (χ3n) is 4.08. The van der Waals surface area contributed by atoms with E-state index in [-0.39, 0.29) is 13.0 Å². The second-order valence-corrected chi connectivity index (χ2v) is 5.42. The van der Waals surface area contributed by atoms with E-state index in [0.29, 0.717) is 30.5 Å². The molecule has 2 aliphatic rings. The van der Waals surface area contributed by atoms with Crippen molar-refractivity contribution in [1.29, 1.82) is 0 Å². The second kappa shape index (κ2) is 4.77. The Labute approximate surface area is 109 Å². The highest BCUT2D eigenvalue weighted by Gasteiger charge is 2.42. The Morgan fingerprint density at radius 1 is 1.26 bits per heavy atom. The molecule has 3 heterocycles. The topological polar surface area (TPSA) is 42.7 Å². The molecule has 19 heavy (non-hydrogen) atoms. The van der Waals surface area contributed by atoms with Crippen LogP contribution >= 0.6 is 0 Å². The van der Waals surface area contributed by atoms with Gasteiger partial charge in [-0.15, -0.1) is 10.2 Å². The van der Waals surface area contributed by atoms with Gasteiger partial charge in [0.05, 0.1) is 5.92 Å². The van der Waals surface area contributed by atoms with Gasteiger partial charge in [-0.2, -0.15) is 13.2 Å². The lowest BCUT2D eigenvalue weighted by molar-refractivity contribution is -0.182. The second-order valence-electron chi connectivity index (χ2n) is 5.42. The van der Waals surface area contributed by atoms with Crippen LogP contribution < -0.4 is 5.32 Å². The lowest BCUT2D eigenvalue weighted by atomic mass is 9.98. The smallest absolute Gasteiger partial charge is 0.314 e. The van der Waals surface area contributed by atoms with E-state index >= 15 is 0 Å². The molecule has 0 amide bonds. The van der Waals surface area contributed by atoms with Gasteiger partial charge in [-0.3, -0.25) is 0 Å². The molecule has 1 fully saturated rings. The molecule has 0 radical (unpaired) electrons. The molecule has 2 aliphatic heterocycles. The van der Waals surface area contributed by atoms with Gasteiger partial charge in [-0.1, -0.05) is 0 Å². The Hall–Kier alpha value is -1.11. The molecule has 2 atom stereocenters. The fraction of sp³-hybridized carbons (Fsp3) is 0.833. The molecule has 0 aliphatic carbocycles. The molecule has 0 bridgehead atoms. The maximum Gasteiger partial charge on any atom is 0.393 e. The maximum atomic E-state index is 12.8. The molecule has 0 saturated carbocycles. The van der Waals surface area contributed by atoms with Gasteiger partial charge in [0, 0.05) is 25.4 Å². The number of aromatic nitrogens is 3. The summed E-state index contributed by atoms with van der Waals surface area (Å²) in [5.41, 5.74) is 0. The van der Waals surface area contributed by atoms with Crippen molar-refractivity contribution in [3.63, 3.8) is 0 Å². The van der Waals surface area contributed by atoms with Crippen LogP contribution in [0.3, 0.4) is 0 Å². The van der Waals surface area contributed by atoms with E-state index in [4.69, 9.17) is 0 Å². The summed E-state index contributed by atoms with van der Waals surface area (Å²) < 4.78 is 40.1. The van der Waals surface area contributed by atoms with Crippen LogP contribution in [0.15, 0.2) is 0 Å². The standard InChI is InChI=1S/C12H17F3N4/c13-12(14,15)8-3-4-10-17-18-11(19(10)7-8)6-9-2-1-5-16-9/h8-9,16H,1-7H2. The van der Waals surface area contributed by atoms with Gasteiger partial charge in [0.25, 0.3) is 0 Å². The number of fused-ring (bicyclic) bond motifs is 1. The Morgan fingerprint density at radius 3 is 2.79 bits per heavy atom. The van der Waals surface area contributed by atoms with Crippen molar-refractivity contribution in [2.45, 2.75) is 50.9 Å². The number of alkyl halides is 3. The molecule has 1 saturated heterocycles. The number of hydrogen-bond acceptors (Lipinski definition) is 3. The Balaban J connectivity index is 1.76. The molecule has 1 aromatic heterocycles. The van der Waals surface area contributed by atoms with E-state index in [1.165, 1.54) is 0 Å². The monoisotopic (exact) mass is 274 g/mol. The fourth-order valence-electron chi connectivity index (χ4n) is 2.95. The first-order valence-electron chi connectivity index (χ1n) is 6.75. The maximum absolute atomic E-state index is 12.8. The Kier molecular flexibility index (Phi) is 3.24. The van der Waals surface area contributed by atoms with Crippen LogP contribution in [0.4, 0.5) is 13.2 Å². The summed E-state index contributed by atoms with van der Waals surface area (Å²) in [5, 5.41) is 11.5. The van der Waals surface area contributed by atoms with Gasteiger partial charge in [-0.05, 0) is 25.8 Å². The number of aryl methyl sites for hydroxylation is 1. The van der Waals surface area contributed by atoms with E-state index in [1.807, 2.05) is 0 Å². The van der Waals surface area contributed by atoms with Crippen molar-refractivity contribution in [2.75, 3.05) is 6.54 Å². The average molecular weight is 274 g/mol. The highest BCUT2D eigenvalue weighted by atomic mass is 19.4. The zero-order chi connectivity index (χ0) is 13.5. The molecule has 7 heteroatoms. The molecule has 1 N–H and O–H groups in total. The fourth-order valence-corrected chi connectivity index (χ4v) is 2.95. The lowest BCUT2D eigenvalue weighted by Crippen LogP contribution is -2.33. The largest absolute Gasteiger partial charge is 0.393 e. The number of halogens is 3. The first-order chi connectivity index (χ1) is 9.04. The predicted octanol–water partition coefficient (Wildman–Crippen LogP) is 1.70. The minimum Gasteiger partial charge on any atom is -0.314 e. The minimum atomic E-state index is -4.12. The predicted molar refractivity (Wildman–Crippen MR) is 62.6 cm³/mol. The van der Waals surface area contributed by atoms with Crippen molar-refractivity contribution in [1.82, 2.24) is 20.1 Å². The number of nitrogens with zero attached hydrogens (tertiary/aromatic N) is 3. The molecule has 4 nitrogen and oxygen atoms in total. The minimum absolute atomic E-state index is 0.0200. The Bertz CT molecular complexity index is 448. The van der Waals surface area contributed by atoms with Crippen LogP contribution in [0, 0.1) is 5.92 Å². The summed E-state index contributed by atoms with van der Waals surface area (Å²) >= 11 is 0. The molecule has 0 spiro atoms. The zero-order valence-corrected chi connectivity index (χ0v) is 10.6. The highest BCUT2D eigenvalue weighted by Crippen LogP contribution is 2.34. The van der Waals surface area contributed by atoms with Gasteiger partial charge in [0.1, 0.15) is 11.6 Å². The third-order valence-corrected chi connectivity index (χ3v) is 4.08. The van der Waals surface area contributed by atoms with Gasteiger partial charge >= 0.3 is 6.18 Å². The average Bonchev–Trinajstić information content (AvgIpc) is 2.98. The molecule has 0 aromatic carbocycles. The van der Waals surface area contributed by atoms with Gasteiger partial charge in [0.2, 0.25) is 0 Å². The van der Waals surface area contributed by atoms with Gasteiger partial charge in [-0.25, -0.2) is 0 Å². The first kappa shape index (κ1) is 12.9. The van der Waals surface area contributed by atoms with E-state index in [2.05, 4.69) is 15.5 Å². The summed E-state index contributed by atoms with van der Waals surface area (Å²) in [6, 6.07) is 0.333. The van der Waals surface area contributed by atoms with E-state index in [0.717, 1.165) is 19.4 Å². The van der Waals surface area contributed by atoms with Gasteiger partial charge < -0.3 is 9.88 Å². The molecule has 2 unspecified atom stereocenters. The SMILES string of the molecule is FC(F)(F)C1CCc2nnc(CC3CCCN3)n2C1. The molecular formula is C12H17F3N4. The first-order valence-corrected chi connectivity index (χ1v) is 6.75. The number of rotatable bonds is 2. The summed E-state index contributed by atoms with van der Waals surface area (Å²) in [4.78, 5) is 0. The van der Waals surface area contributed by atoms with E-state index in [9.17, 15) is 13.2 Å². The van der Waals surface area contributed by atoms with Crippen LogP contribution in [0.5, 0.6) is 0 Å². The molecule has 106 valence electrons. The lowest BCUT2D eigenvalue weighted by Gasteiger charge is -2.26. The third kappa shape index (κ3) is 2.61. The van der Waals surface area contributed by atoms with Crippen LogP contribution in [-0.2, 0) is 19.4 Å². The van der Waals surface area contributed by atoms with Crippen molar-refractivity contribution in [2.24, 2.45) is 5.92 Å². The zero-order valence-electron chi connectivity index (χ0n) is 10.6. The quantitative estimate of drug-likeness (QED) is 0.892. The van der Waals surface area contributed by atoms with Crippen molar-refractivity contribution < 1.29 is 13.2 Å². The summed E-state index contributed by atoms with van der Waals surface area (Å²) in [6.07, 6.45) is -0.761.